The van der Waals surface area contributed by atoms with Crippen molar-refractivity contribution in [1.29, 1.82) is 0 Å². The number of aliphatic carboxylic acids is 1. The number of carboxylic acids is 1. The van der Waals surface area contributed by atoms with Gasteiger partial charge in [0.2, 0.25) is 0 Å². The van der Waals surface area contributed by atoms with Crippen LogP contribution in [0.5, 0.6) is 0 Å². The Labute approximate surface area is 115 Å². The van der Waals surface area contributed by atoms with Crippen molar-refractivity contribution in [3.8, 4) is 0 Å². The van der Waals surface area contributed by atoms with Gasteiger partial charge in [0.25, 0.3) is 5.91 Å². The van der Waals surface area contributed by atoms with E-state index in [9.17, 15) is 14.7 Å². The normalized spacial score (nSPS) is 23.3. The van der Waals surface area contributed by atoms with Crippen LogP contribution in [0.1, 0.15) is 43.1 Å². The number of carbonyl (C=O) groups is 2. The van der Waals surface area contributed by atoms with Gasteiger partial charge in [-0.2, -0.15) is 0 Å². The standard InChI is InChI=1S/C12H17N3O3S/c1-2-4-12(11(17)18)5-3-6-15(8-12)10(16)9-7-19-14-13-9/h7H,2-6,8H2,1H3,(H,17,18). The van der Waals surface area contributed by atoms with Crippen molar-refractivity contribution in [2.24, 2.45) is 5.41 Å². The third-order valence-corrected chi connectivity index (χ3v) is 4.13. The van der Waals surface area contributed by atoms with E-state index in [1.807, 2.05) is 6.92 Å². The van der Waals surface area contributed by atoms with E-state index < -0.39 is 11.4 Å². The zero-order valence-corrected chi connectivity index (χ0v) is 11.7. The summed E-state index contributed by atoms with van der Waals surface area (Å²) in [5.74, 6) is -1.02. The number of rotatable bonds is 4. The minimum Gasteiger partial charge on any atom is -0.481 e. The number of piperidine rings is 1. The van der Waals surface area contributed by atoms with Crippen molar-refractivity contribution in [3.05, 3.63) is 11.1 Å². The summed E-state index contributed by atoms with van der Waals surface area (Å²) in [5, 5.41) is 14.8. The first-order valence-electron chi connectivity index (χ1n) is 6.39. The van der Waals surface area contributed by atoms with Crippen molar-refractivity contribution >= 4 is 23.4 Å². The van der Waals surface area contributed by atoms with Gasteiger partial charge in [0.05, 0.1) is 5.41 Å². The molecule has 1 N–H and O–H groups in total. The second-order valence-corrected chi connectivity index (χ2v) is 5.57. The maximum Gasteiger partial charge on any atom is 0.311 e. The van der Waals surface area contributed by atoms with Crippen LogP contribution in [0.25, 0.3) is 0 Å². The Hall–Kier alpha value is -1.50. The van der Waals surface area contributed by atoms with Crippen LogP contribution in [-0.4, -0.2) is 44.6 Å². The van der Waals surface area contributed by atoms with Crippen molar-refractivity contribution in [2.75, 3.05) is 13.1 Å². The molecule has 0 radical (unpaired) electrons. The lowest BCUT2D eigenvalue weighted by atomic mass is 9.76. The molecule has 1 atom stereocenters. The molecule has 1 fully saturated rings. The summed E-state index contributed by atoms with van der Waals surface area (Å²) in [7, 11) is 0. The van der Waals surface area contributed by atoms with E-state index in [1.54, 1.807) is 10.3 Å². The molecule has 6 nitrogen and oxygen atoms in total. The smallest absolute Gasteiger partial charge is 0.311 e. The number of aromatic nitrogens is 2. The molecule has 0 aromatic carbocycles. The van der Waals surface area contributed by atoms with E-state index in [0.717, 1.165) is 24.4 Å². The van der Waals surface area contributed by atoms with E-state index in [1.165, 1.54) is 0 Å². The molecule has 0 saturated carbocycles. The summed E-state index contributed by atoms with van der Waals surface area (Å²) in [5.41, 5.74) is -0.491. The lowest BCUT2D eigenvalue weighted by Crippen LogP contribution is -2.50. The Kier molecular flexibility index (Phi) is 4.14. The SMILES string of the molecule is CCCC1(C(=O)O)CCCN(C(=O)c2csnn2)C1. The van der Waals surface area contributed by atoms with E-state index in [0.29, 0.717) is 25.1 Å². The van der Waals surface area contributed by atoms with E-state index in [4.69, 9.17) is 0 Å². The number of carboxylic acid groups (broad SMARTS) is 1. The van der Waals surface area contributed by atoms with Gasteiger partial charge >= 0.3 is 5.97 Å². The first-order chi connectivity index (χ1) is 9.09. The van der Waals surface area contributed by atoms with Gasteiger partial charge in [-0.3, -0.25) is 9.59 Å². The molecule has 0 spiro atoms. The maximum atomic E-state index is 12.2. The third-order valence-electron chi connectivity index (χ3n) is 3.63. The van der Waals surface area contributed by atoms with Crippen molar-refractivity contribution in [3.63, 3.8) is 0 Å². The second kappa shape index (κ2) is 5.64. The van der Waals surface area contributed by atoms with Crippen LogP contribution in [0.2, 0.25) is 0 Å². The summed E-state index contributed by atoms with van der Waals surface area (Å²) in [4.78, 5) is 25.4. The van der Waals surface area contributed by atoms with Crippen LogP contribution < -0.4 is 0 Å². The molecule has 0 aliphatic carbocycles. The zero-order valence-electron chi connectivity index (χ0n) is 10.8. The molecule has 1 saturated heterocycles. The number of likely N-dealkylation sites (tertiary alicyclic amines) is 1. The van der Waals surface area contributed by atoms with Crippen LogP contribution >= 0.6 is 11.5 Å². The molecular weight excluding hydrogens is 266 g/mol. The van der Waals surface area contributed by atoms with Gasteiger partial charge < -0.3 is 10.0 Å². The summed E-state index contributed by atoms with van der Waals surface area (Å²) in [6.45, 7) is 2.83. The average molecular weight is 283 g/mol. The number of hydrogen-bond acceptors (Lipinski definition) is 5. The highest BCUT2D eigenvalue weighted by Crippen LogP contribution is 2.35. The number of amides is 1. The second-order valence-electron chi connectivity index (χ2n) is 4.96. The predicted molar refractivity (Wildman–Crippen MR) is 70.0 cm³/mol. The molecule has 7 heteroatoms. The lowest BCUT2D eigenvalue weighted by Gasteiger charge is -2.39. The molecule has 19 heavy (non-hydrogen) atoms. The quantitative estimate of drug-likeness (QED) is 0.908. The monoisotopic (exact) mass is 283 g/mol. The molecule has 104 valence electrons. The highest BCUT2D eigenvalue weighted by Gasteiger charge is 2.43. The molecule has 1 amide bonds. The van der Waals surface area contributed by atoms with Gasteiger partial charge in [-0.05, 0) is 30.8 Å². The van der Waals surface area contributed by atoms with Crippen molar-refractivity contribution in [2.45, 2.75) is 32.6 Å². The Morgan fingerprint density at radius 2 is 2.37 bits per heavy atom. The molecule has 0 bridgehead atoms. The van der Waals surface area contributed by atoms with Crippen LogP contribution in [-0.2, 0) is 4.79 Å². The maximum absolute atomic E-state index is 12.2. The zero-order chi connectivity index (χ0) is 13.9. The molecular formula is C12H17N3O3S. The topological polar surface area (TPSA) is 83.4 Å². The Balaban J connectivity index is 2.16. The van der Waals surface area contributed by atoms with Crippen LogP contribution in [0, 0.1) is 5.41 Å². The molecule has 2 rings (SSSR count). The Morgan fingerprint density at radius 3 is 2.95 bits per heavy atom. The fourth-order valence-corrected chi connectivity index (χ4v) is 3.12. The van der Waals surface area contributed by atoms with Crippen molar-refractivity contribution in [1.82, 2.24) is 14.5 Å². The van der Waals surface area contributed by atoms with Gasteiger partial charge in [-0.15, -0.1) is 5.10 Å². The predicted octanol–water partition coefficient (Wildman–Crippen LogP) is 1.65. The number of carbonyl (C=O) groups excluding carboxylic acids is 1. The third kappa shape index (κ3) is 2.75. The number of hydrogen-bond donors (Lipinski definition) is 1. The molecule has 1 unspecified atom stereocenters. The Bertz CT molecular complexity index is 459. The highest BCUT2D eigenvalue weighted by atomic mass is 32.1. The van der Waals surface area contributed by atoms with Crippen LogP contribution in [0.15, 0.2) is 5.38 Å². The Morgan fingerprint density at radius 1 is 1.58 bits per heavy atom. The number of nitrogens with zero attached hydrogens (tertiary/aromatic N) is 3. The van der Waals surface area contributed by atoms with Crippen LogP contribution in [0.3, 0.4) is 0 Å². The molecule has 1 aliphatic heterocycles. The highest BCUT2D eigenvalue weighted by molar-refractivity contribution is 7.03. The fourth-order valence-electron chi connectivity index (χ4n) is 2.69. The summed E-state index contributed by atoms with van der Waals surface area (Å²) in [6.07, 6.45) is 2.75. The van der Waals surface area contributed by atoms with E-state index in [2.05, 4.69) is 9.59 Å². The van der Waals surface area contributed by atoms with Gasteiger partial charge in [0, 0.05) is 18.5 Å². The van der Waals surface area contributed by atoms with Gasteiger partial charge in [0.15, 0.2) is 5.69 Å². The lowest BCUT2D eigenvalue weighted by molar-refractivity contribution is -0.152. The minimum absolute atomic E-state index is 0.213. The molecule has 1 aromatic rings. The van der Waals surface area contributed by atoms with Crippen molar-refractivity contribution < 1.29 is 14.7 Å². The minimum atomic E-state index is -0.803. The summed E-state index contributed by atoms with van der Waals surface area (Å²) < 4.78 is 3.67. The molecule has 1 aromatic heterocycles. The summed E-state index contributed by atoms with van der Waals surface area (Å²) >= 11 is 1.12. The average Bonchev–Trinajstić information content (AvgIpc) is 2.92. The van der Waals surface area contributed by atoms with Gasteiger partial charge in [-0.1, -0.05) is 17.8 Å². The fraction of sp³-hybridized carbons (Fsp3) is 0.667. The van der Waals surface area contributed by atoms with E-state index in [-0.39, 0.29) is 12.5 Å². The first-order valence-corrected chi connectivity index (χ1v) is 7.22. The van der Waals surface area contributed by atoms with Gasteiger partial charge in [0.1, 0.15) is 0 Å². The largest absolute Gasteiger partial charge is 0.481 e. The first kappa shape index (κ1) is 13.9. The van der Waals surface area contributed by atoms with Crippen LogP contribution in [0.4, 0.5) is 0 Å². The molecule has 2 heterocycles. The van der Waals surface area contributed by atoms with E-state index >= 15 is 0 Å². The summed E-state index contributed by atoms with van der Waals surface area (Å²) in [6, 6.07) is 0. The molecule has 1 aliphatic rings. The van der Waals surface area contributed by atoms with Gasteiger partial charge in [-0.25, -0.2) is 0 Å².